The van der Waals surface area contributed by atoms with Crippen molar-refractivity contribution in [2.45, 2.75) is 33.1 Å². The second-order valence-electron chi connectivity index (χ2n) is 7.51. The van der Waals surface area contributed by atoms with Crippen LogP contribution in [0.15, 0.2) is 48.5 Å². The predicted molar refractivity (Wildman–Crippen MR) is 113 cm³/mol. The molecule has 5 heteroatoms. The predicted octanol–water partition coefficient (Wildman–Crippen LogP) is 3.50. The molecule has 1 fully saturated rings. The molecule has 152 valence electrons. The van der Waals surface area contributed by atoms with Gasteiger partial charge < -0.3 is 9.80 Å². The first-order valence-electron chi connectivity index (χ1n) is 10.2. The fourth-order valence-electron chi connectivity index (χ4n) is 3.49. The smallest absolute Gasteiger partial charge is 0.253 e. The minimum absolute atomic E-state index is 0.00861. The van der Waals surface area contributed by atoms with Crippen LogP contribution < -0.4 is 0 Å². The van der Waals surface area contributed by atoms with E-state index < -0.39 is 0 Å². The number of piperazine rings is 1. The van der Waals surface area contributed by atoms with Gasteiger partial charge in [0, 0.05) is 50.1 Å². The number of hydrogen-bond acceptors (Lipinski definition) is 3. The number of carbonyl (C=O) groups is 3. The molecule has 2 aromatic carbocycles. The van der Waals surface area contributed by atoms with E-state index in [0.717, 1.165) is 12.0 Å². The first-order valence-corrected chi connectivity index (χ1v) is 10.2. The molecule has 1 saturated heterocycles. The van der Waals surface area contributed by atoms with Crippen molar-refractivity contribution in [2.24, 2.45) is 0 Å². The van der Waals surface area contributed by atoms with E-state index in [-0.39, 0.29) is 30.4 Å². The average molecular weight is 392 g/mol. The molecule has 1 aliphatic heterocycles. The largest absolute Gasteiger partial charge is 0.339 e. The first kappa shape index (κ1) is 20.8. The monoisotopic (exact) mass is 392 g/mol. The van der Waals surface area contributed by atoms with Crippen molar-refractivity contribution < 1.29 is 14.4 Å². The van der Waals surface area contributed by atoms with Gasteiger partial charge in [0.2, 0.25) is 5.91 Å². The SMILES string of the molecule is CCc1ccc(C(=O)N2CCN(C(=O)CCC(=O)c3ccc(C)cc3)CC2)cc1. The number of rotatable bonds is 6. The zero-order chi connectivity index (χ0) is 20.8. The number of amides is 2. The van der Waals surface area contributed by atoms with E-state index in [1.807, 2.05) is 43.3 Å². The highest BCUT2D eigenvalue weighted by Crippen LogP contribution is 2.13. The van der Waals surface area contributed by atoms with Gasteiger partial charge in [-0.2, -0.15) is 0 Å². The molecule has 0 unspecified atom stereocenters. The fraction of sp³-hybridized carbons (Fsp3) is 0.375. The Kier molecular flexibility index (Phi) is 6.81. The Morgan fingerprint density at radius 3 is 1.90 bits per heavy atom. The van der Waals surface area contributed by atoms with Gasteiger partial charge >= 0.3 is 0 Å². The summed E-state index contributed by atoms with van der Waals surface area (Å²) in [5.41, 5.74) is 3.64. The highest BCUT2D eigenvalue weighted by molar-refractivity contribution is 5.98. The number of ketones is 1. The molecule has 5 nitrogen and oxygen atoms in total. The maximum Gasteiger partial charge on any atom is 0.253 e. The number of hydrogen-bond donors (Lipinski definition) is 0. The van der Waals surface area contributed by atoms with Crippen LogP contribution in [-0.2, 0) is 11.2 Å². The lowest BCUT2D eigenvalue weighted by Crippen LogP contribution is -2.50. The molecule has 0 N–H and O–H groups in total. The molecule has 0 saturated carbocycles. The maximum absolute atomic E-state index is 12.6. The van der Waals surface area contributed by atoms with Crippen molar-refractivity contribution in [1.82, 2.24) is 9.80 Å². The molecule has 0 bridgehead atoms. The van der Waals surface area contributed by atoms with Crippen LogP contribution in [-0.4, -0.2) is 53.6 Å². The van der Waals surface area contributed by atoms with Crippen LogP contribution in [0.3, 0.4) is 0 Å². The van der Waals surface area contributed by atoms with E-state index >= 15 is 0 Å². The topological polar surface area (TPSA) is 57.7 Å². The van der Waals surface area contributed by atoms with E-state index in [9.17, 15) is 14.4 Å². The minimum Gasteiger partial charge on any atom is -0.339 e. The highest BCUT2D eigenvalue weighted by Gasteiger charge is 2.25. The molecular weight excluding hydrogens is 364 g/mol. The summed E-state index contributed by atoms with van der Waals surface area (Å²) in [6.45, 7) is 6.12. The molecule has 2 aromatic rings. The van der Waals surface area contributed by atoms with E-state index in [2.05, 4.69) is 6.92 Å². The molecule has 0 radical (unpaired) electrons. The lowest BCUT2D eigenvalue weighted by molar-refractivity contribution is -0.132. The highest BCUT2D eigenvalue weighted by atomic mass is 16.2. The molecule has 1 aliphatic rings. The van der Waals surface area contributed by atoms with E-state index in [4.69, 9.17) is 0 Å². The molecule has 0 spiro atoms. The van der Waals surface area contributed by atoms with Gasteiger partial charge in [0.1, 0.15) is 0 Å². The van der Waals surface area contributed by atoms with Crippen LogP contribution in [0.1, 0.15) is 51.6 Å². The summed E-state index contributed by atoms with van der Waals surface area (Å²) in [5, 5.41) is 0. The Bertz CT molecular complexity index is 864. The molecule has 29 heavy (non-hydrogen) atoms. The van der Waals surface area contributed by atoms with Gasteiger partial charge in [-0.1, -0.05) is 48.9 Å². The Labute approximate surface area is 172 Å². The summed E-state index contributed by atoms with van der Waals surface area (Å²) in [6.07, 6.45) is 1.37. The number of aryl methyl sites for hydroxylation is 2. The Hall–Kier alpha value is -2.95. The van der Waals surface area contributed by atoms with Gasteiger partial charge in [-0.05, 0) is 31.0 Å². The van der Waals surface area contributed by atoms with Crippen molar-refractivity contribution in [3.05, 3.63) is 70.8 Å². The zero-order valence-electron chi connectivity index (χ0n) is 17.2. The number of benzene rings is 2. The maximum atomic E-state index is 12.6. The van der Waals surface area contributed by atoms with Crippen molar-refractivity contribution in [2.75, 3.05) is 26.2 Å². The third-order valence-electron chi connectivity index (χ3n) is 5.47. The fourth-order valence-corrected chi connectivity index (χ4v) is 3.49. The van der Waals surface area contributed by atoms with E-state index in [1.165, 1.54) is 5.56 Å². The normalized spacial score (nSPS) is 14.0. The molecule has 1 heterocycles. The number of nitrogens with zero attached hydrogens (tertiary/aromatic N) is 2. The minimum atomic E-state index is -0.0233. The van der Waals surface area contributed by atoms with Crippen molar-refractivity contribution in [1.29, 1.82) is 0 Å². The second kappa shape index (κ2) is 9.50. The summed E-state index contributed by atoms with van der Waals surface area (Å²) in [4.78, 5) is 40.9. The summed E-state index contributed by atoms with van der Waals surface area (Å²) in [6, 6.07) is 15.1. The van der Waals surface area contributed by atoms with Gasteiger partial charge in [-0.25, -0.2) is 0 Å². The Morgan fingerprint density at radius 2 is 1.31 bits per heavy atom. The quantitative estimate of drug-likeness (QED) is 0.707. The van der Waals surface area contributed by atoms with Gasteiger partial charge in [0.15, 0.2) is 5.78 Å². The van der Waals surface area contributed by atoms with Gasteiger partial charge in [0.05, 0.1) is 0 Å². The van der Waals surface area contributed by atoms with Crippen LogP contribution in [0.25, 0.3) is 0 Å². The van der Waals surface area contributed by atoms with E-state index in [1.54, 1.807) is 21.9 Å². The molecule has 2 amide bonds. The summed E-state index contributed by atoms with van der Waals surface area (Å²) >= 11 is 0. The van der Waals surface area contributed by atoms with Crippen LogP contribution in [0.2, 0.25) is 0 Å². The van der Waals surface area contributed by atoms with Crippen LogP contribution in [0.5, 0.6) is 0 Å². The lowest BCUT2D eigenvalue weighted by atomic mass is 10.0. The van der Waals surface area contributed by atoms with Crippen LogP contribution in [0, 0.1) is 6.92 Å². The summed E-state index contributed by atoms with van der Waals surface area (Å²) < 4.78 is 0. The standard InChI is InChI=1S/C24H28N2O3/c1-3-19-6-10-21(11-7-19)24(29)26-16-14-25(15-17-26)23(28)13-12-22(27)20-8-4-18(2)5-9-20/h4-11H,3,12-17H2,1-2H3. The molecular formula is C24H28N2O3. The lowest BCUT2D eigenvalue weighted by Gasteiger charge is -2.35. The zero-order valence-corrected chi connectivity index (χ0v) is 17.2. The van der Waals surface area contributed by atoms with Crippen molar-refractivity contribution in [3.63, 3.8) is 0 Å². The molecule has 0 atom stereocenters. The Balaban J connectivity index is 1.46. The number of Topliss-reactive ketones (excluding diaryl/α,β-unsaturated/α-hetero) is 1. The second-order valence-corrected chi connectivity index (χ2v) is 7.51. The number of carbonyl (C=O) groups excluding carboxylic acids is 3. The molecule has 0 aliphatic carbocycles. The Morgan fingerprint density at radius 1 is 0.759 bits per heavy atom. The first-order chi connectivity index (χ1) is 14.0. The van der Waals surface area contributed by atoms with E-state index in [0.29, 0.717) is 37.3 Å². The third kappa shape index (κ3) is 5.31. The van der Waals surface area contributed by atoms with Crippen LogP contribution >= 0.6 is 0 Å². The van der Waals surface area contributed by atoms with Gasteiger partial charge in [-0.3, -0.25) is 14.4 Å². The third-order valence-corrected chi connectivity index (χ3v) is 5.47. The van der Waals surface area contributed by atoms with Crippen molar-refractivity contribution in [3.8, 4) is 0 Å². The van der Waals surface area contributed by atoms with Gasteiger partial charge in [0.25, 0.3) is 5.91 Å². The van der Waals surface area contributed by atoms with Crippen LogP contribution in [0.4, 0.5) is 0 Å². The summed E-state index contributed by atoms with van der Waals surface area (Å²) in [5.74, 6) is -0.0261. The van der Waals surface area contributed by atoms with Crippen molar-refractivity contribution >= 4 is 17.6 Å². The average Bonchev–Trinajstić information content (AvgIpc) is 2.77. The summed E-state index contributed by atoms with van der Waals surface area (Å²) in [7, 11) is 0. The molecule has 3 rings (SSSR count). The molecule has 0 aromatic heterocycles. The van der Waals surface area contributed by atoms with Gasteiger partial charge in [-0.15, -0.1) is 0 Å².